The molecule has 1 nitrogen and oxygen atoms in total. The third-order valence-electron chi connectivity index (χ3n) is 3.17. The van der Waals surface area contributed by atoms with E-state index in [9.17, 15) is 0 Å². The molecule has 1 aliphatic carbocycles. The maximum atomic E-state index is 3.62. The molecule has 0 unspecified atom stereocenters. The van der Waals surface area contributed by atoms with E-state index in [1.807, 2.05) is 0 Å². The minimum atomic E-state index is 0.314. The van der Waals surface area contributed by atoms with Crippen LogP contribution in [-0.4, -0.2) is 5.54 Å². The van der Waals surface area contributed by atoms with Crippen molar-refractivity contribution >= 4 is 11.8 Å². The van der Waals surface area contributed by atoms with Crippen molar-refractivity contribution in [1.82, 2.24) is 0 Å². The van der Waals surface area contributed by atoms with Crippen molar-refractivity contribution in [2.24, 2.45) is 0 Å². The van der Waals surface area contributed by atoms with Crippen LogP contribution in [0, 0.1) is 0 Å². The average molecular weight is 171 g/mol. The van der Waals surface area contributed by atoms with Crippen LogP contribution in [0.2, 0.25) is 0 Å². The Morgan fingerprint density at radius 3 is 2.77 bits per heavy atom. The van der Waals surface area contributed by atoms with E-state index in [0.717, 1.165) is 0 Å². The molecule has 66 valence electrons. The van der Waals surface area contributed by atoms with Gasteiger partial charge in [0.05, 0.1) is 5.54 Å². The summed E-state index contributed by atoms with van der Waals surface area (Å²) < 4.78 is 0. The maximum absolute atomic E-state index is 3.62. The van der Waals surface area contributed by atoms with Gasteiger partial charge in [-0.15, -0.1) is 0 Å². The summed E-state index contributed by atoms with van der Waals surface area (Å²) in [6.07, 6.45) is 8.53. The summed E-state index contributed by atoms with van der Waals surface area (Å²) in [6.45, 7) is 0. The summed E-state index contributed by atoms with van der Waals surface area (Å²) in [7, 11) is 0. The van der Waals surface area contributed by atoms with Gasteiger partial charge >= 0.3 is 0 Å². The highest BCUT2D eigenvalue weighted by Gasteiger charge is 2.35. The van der Waals surface area contributed by atoms with Gasteiger partial charge in [-0.2, -0.15) is 0 Å². The van der Waals surface area contributed by atoms with Gasteiger partial charge in [-0.3, -0.25) is 0 Å². The molecular weight excluding hydrogens is 158 g/mol. The molecule has 0 amide bonds. The van der Waals surface area contributed by atoms with Gasteiger partial charge in [0.1, 0.15) is 0 Å². The van der Waals surface area contributed by atoms with Crippen molar-refractivity contribution in [3.05, 3.63) is 35.9 Å². The summed E-state index contributed by atoms with van der Waals surface area (Å²) in [5, 5.41) is 3.62. The van der Waals surface area contributed by atoms with E-state index in [4.69, 9.17) is 0 Å². The zero-order valence-electron chi connectivity index (χ0n) is 7.59. The van der Waals surface area contributed by atoms with Crippen LogP contribution >= 0.6 is 0 Å². The van der Waals surface area contributed by atoms with Crippen LogP contribution in [0.3, 0.4) is 0 Å². The Morgan fingerprint density at radius 2 is 2.00 bits per heavy atom. The van der Waals surface area contributed by atoms with E-state index in [2.05, 4.69) is 41.7 Å². The number of rotatable bonds is 0. The Bertz CT molecular complexity index is 361. The average Bonchev–Trinajstić information content (AvgIpc) is 2.15. The Balaban J connectivity index is 2.03. The number of nitrogens with one attached hydrogen (secondary N) is 1. The van der Waals surface area contributed by atoms with Gasteiger partial charge in [0.25, 0.3) is 0 Å². The van der Waals surface area contributed by atoms with Crippen LogP contribution in [0.5, 0.6) is 0 Å². The molecule has 0 radical (unpaired) electrons. The molecule has 1 aromatic rings. The first-order valence-corrected chi connectivity index (χ1v) is 4.95. The zero-order valence-corrected chi connectivity index (χ0v) is 7.59. The maximum Gasteiger partial charge on any atom is 0.0559 e. The Labute approximate surface area is 78.5 Å². The van der Waals surface area contributed by atoms with E-state index in [1.165, 1.54) is 30.5 Å². The summed E-state index contributed by atoms with van der Waals surface area (Å²) in [4.78, 5) is 0. The van der Waals surface area contributed by atoms with Crippen molar-refractivity contribution in [2.45, 2.75) is 24.8 Å². The van der Waals surface area contributed by atoms with Gasteiger partial charge in [0.15, 0.2) is 0 Å². The van der Waals surface area contributed by atoms with Gasteiger partial charge in [-0.1, -0.05) is 30.4 Å². The van der Waals surface area contributed by atoms with Crippen LogP contribution in [0.15, 0.2) is 30.3 Å². The SMILES string of the molecule is C1=CC2(CCC2)Nc2ccccc21. The molecule has 3 rings (SSSR count). The predicted molar refractivity (Wildman–Crippen MR) is 55.7 cm³/mol. The lowest BCUT2D eigenvalue weighted by atomic mass is 9.74. The molecule has 1 aromatic carbocycles. The van der Waals surface area contributed by atoms with Gasteiger partial charge in [0, 0.05) is 5.69 Å². The fourth-order valence-electron chi connectivity index (χ4n) is 2.16. The summed E-state index contributed by atoms with van der Waals surface area (Å²) in [5.41, 5.74) is 2.93. The van der Waals surface area contributed by atoms with Crippen LogP contribution in [-0.2, 0) is 0 Å². The van der Waals surface area contributed by atoms with Crippen molar-refractivity contribution in [3.63, 3.8) is 0 Å². The molecule has 1 fully saturated rings. The number of benzene rings is 1. The first-order valence-electron chi connectivity index (χ1n) is 4.95. The van der Waals surface area contributed by atoms with E-state index in [-0.39, 0.29) is 0 Å². The van der Waals surface area contributed by atoms with Crippen molar-refractivity contribution in [3.8, 4) is 0 Å². The van der Waals surface area contributed by atoms with E-state index >= 15 is 0 Å². The first-order chi connectivity index (χ1) is 6.38. The Morgan fingerprint density at radius 1 is 1.15 bits per heavy atom. The highest BCUT2D eigenvalue weighted by molar-refractivity contribution is 5.72. The first kappa shape index (κ1) is 7.19. The second-order valence-corrected chi connectivity index (χ2v) is 4.06. The molecule has 2 aliphatic rings. The molecule has 1 heteroatoms. The van der Waals surface area contributed by atoms with Crippen LogP contribution in [0.4, 0.5) is 5.69 Å². The molecule has 1 spiro atoms. The lowest BCUT2D eigenvalue weighted by Gasteiger charge is -2.43. The van der Waals surface area contributed by atoms with Crippen molar-refractivity contribution in [1.29, 1.82) is 0 Å². The van der Waals surface area contributed by atoms with E-state index in [0.29, 0.717) is 5.54 Å². The second-order valence-electron chi connectivity index (χ2n) is 4.06. The highest BCUT2D eigenvalue weighted by Crippen LogP contribution is 2.40. The van der Waals surface area contributed by atoms with Crippen LogP contribution < -0.4 is 5.32 Å². The van der Waals surface area contributed by atoms with Crippen molar-refractivity contribution < 1.29 is 0 Å². The van der Waals surface area contributed by atoms with Crippen LogP contribution in [0.1, 0.15) is 24.8 Å². The quantitative estimate of drug-likeness (QED) is 0.632. The smallest absolute Gasteiger partial charge is 0.0559 e. The molecule has 13 heavy (non-hydrogen) atoms. The molecule has 1 aliphatic heterocycles. The highest BCUT2D eigenvalue weighted by atomic mass is 15.0. The summed E-state index contributed by atoms with van der Waals surface area (Å²) in [5.74, 6) is 0. The fourth-order valence-corrected chi connectivity index (χ4v) is 2.16. The Kier molecular flexibility index (Phi) is 1.32. The normalized spacial score (nSPS) is 21.8. The lowest BCUT2D eigenvalue weighted by Crippen LogP contribution is -2.44. The monoisotopic (exact) mass is 171 g/mol. The molecule has 1 heterocycles. The summed E-state index contributed by atoms with van der Waals surface area (Å²) in [6, 6.07) is 8.50. The lowest BCUT2D eigenvalue weighted by molar-refractivity contribution is 0.346. The third kappa shape index (κ3) is 0.998. The molecular formula is C12H13N. The molecule has 0 aromatic heterocycles. The number of para-hydroxylation sites is 1. The molecule has 1 saturated carbocycles. The third-order valence-corrected chi connectivity index (χ3v) is 3.17. The van der Waals surface area contributed by atoms with Gasteiger partial charge < -0.3 is 5.32 Å². The van der Waals surface area contributed by atoms with Gasteiger partial charge in [-0.05, 0) is 30.9 Å². The number of fused-ring (bicyclic) bond motifs is 1. The second kappa shape index (κ2) is 2.38. The topological polar surface area (TPSA) is 12.0 Å². The number of hydrogen-bond donors (Lipinski definition) is 1. The van der Waals surface area contributed by atoms with E-state index in [1.54, 1.807) is 0 Å². The van der Waals surface area contributed by atoms with Gasteiger partial charge in [-0.25, -0.2) is 0 Å². The van der Waals surface area contributed by atoms with Crippen molar-refractivity contribution in [2.75, 3.05) is 5.32 Å². The zero-order chi connectivity index (χ0) is 8.73. The minimum absolute atomic E-state index is 0.314. The molecule has 1 N–H and O–H groups in total. The number of hydrogen-bond acceptors (Lipinski definition) is 1. The Hall–Kier alpha value is -1.24. The molecule has 0 atom stereocenters. The number of anilines is 1. The minimum Gasteiger partial charge on any atom is -0.376 e. The predicted octanol–water partition coefficient (Wildman–Crippen LogP) is 3.05. The summed E-state index contributed by atoms with van der Waals surface area (Å²) >= 11 is 0. The largest absolute Gasteiger partial charge is 0.376 e. The van der Waals surface area contributed by atoms with Gasteiger partial charge in [0.2, 0.25) is 0 Å². The molecule has 0 saturated heterocycles. The molecule has 0 bridgehead atoms. The standard InChI is InChI=1S/C12H13N/c1-2-5-11-10(4-1)6-9-12(13-11)7-3-8-12/h1-2,4-6,9,13H,3,7-8H2. The van der Waals surface area contributed by atoms with Crippen LogP contribution in [0.25, 0.3) is 6.08 Å². The van der Waals surface area contributed by atoms with E-state index < -0.39 is 0 Å². The fraction of sp³-hybridized carbons (Fsp3) is 0.333.